The van der Waals surface area contributed by atoms with E-state index in [1.807, 2.05) is 54.9 Å². The minimum atomic E-state index is -1.08. The fraction of sp³-hybridized carbons (Fsp3) is 0.444. The van der Waals surface area contributed by atoms with Crippen LogP contribution in [0, 0.1) is 20.8 Å². The fourth-order valence-electron chi connectivity index (χ4n) is 4.28. The van der Waals surface area contributed by atoms with Crippen LogP contribution in [0.5, 0.6) is 11.5 Å². The zero-order chi connectivity index (χ0) is 24.0. The molecule has 182 valence electrons. The molecule has 3 aromatic rings. The second-order valence-electron chi connectivity index (χ2n) is 9.24. The van der Waals surface area contributed by atoms with Gasteiger partial charge in [-0.15, -0.1) is 0 Å². The molecule has 0 spiro atoms. The highest BCUT2D eigenvalue weighted by Gasteiger charge is 2.33. The summed E-state index contributed by atoms with van der Waals surface area (Å²) < 4.78 is 19.6. The molecule has 1 fully saturated rings. The van der Waals surface area contributed by atoms with Gasteiger partial charge in [-0.3, -0.25) is 9.58 Å². The molecule has 0 amide bonds. The number of nitrogens with zero attached hydrogens (tertiary/aromatic N) is 3. The number of aromatic nitrogens is 2. The van der Waals surface area contributed by atoms with Crippen LogP contribution in [0.4, 0.5) is 0 Å². The van der Waals surface area contributed by atoms with Gasteiger partial charge in [-0.25, -0.2) is 0 Å². The number of rotatable bonds is 9. The number of ether oxygens (including phenoxy) is 3. The molecule has 0 aliphatic carbocycles. The summed E-state index contributed by atoms with van der Waals surface area (Å²) in [5.74, 6) is 1.60. The van der Waals surface area contributed by atoms with Crippen molar-refractivity contribution in [1.82, 2.24) is 14.7 Å². The van der Waals surface area contributed by atoms with Crippen LogP contribution in [0.15, 0.2) is 54.6 Å². The van der Waals surface area contributed by atoms with E-state index in [1.165, 1.54) is 0 Å². The zero-order valence-corrected chi connectivity index (χ0v) is 20.4. The third-order valence-electron chi connectivity index (χ3n) is 5.92. The summed E-state index contributed by atoms with van der Waals surface area (Å²) in [6.45, 7) is 10.3. The van der Waals surface area contributed by atoms with Gasteiger partial charge in [-0.05, 0) is 62.2 Å². The van der Waals surface area contributed by atoms with Gasteiger partial charge in [0.2, 0.25) is 0 Å². The van der Waals surface area contributed by atoms with Crippen molar-refractivity contribution in [2.24, 2.45) is 0 Å². The summed E-state index contributed by atoms with van der Waals surface area (Å²) >= 11 is 0. The molecule has 0 radical (unpaired) electrons. The van der Waals surface area contributed by atoms with Gasteiger partial charge in [0.25, 0.3) is 0 Å². The Balaban J connectivity index is 1.32. The van der Waals surface area contributed by atoms with Crippen molar-refractivity contribution in [1.29, 1.82) is 0 Å². The second-order valence-corrected chi connectivity index (χ2v) is 9.24. The first-order chi connectivity index (χ1) is 16.4. The molecular weight excluding hydrogens is 430 g/mol. The van der Waals surface area contributed by atoms with Crippen LogP contribution in [-0.2, 0) is 17.8 Å². The molecule has 0 saturated carbocycles. The lowest BCUT2D eigenvalue weighted by atomic mass is 10.1. The molecule has 1 atom stereocenters. The molecule has 4 rings (SSSR count). The zero-order valence-electron chi connectivity index (χ0n) is 20.4. The van der Waals surface area contributed by atoms with E-state index >= 15 is 0 Å². The van der Waals surface area contributed by atoms with E-state index in [-0.39, 0.29) is 13.2 Å². The Labute approximate surface area is 201 Å². The summed E-state index contributed by atoms with van der Waals surface area (Å²) in [6, 6.07) is 18.1. The SMILES string of the molecule is Cc1cccc(OCC2(O)COCCN(Cc3cccc(OCCn4nc(C)cc4C)c3)C2)c1. The topological polar surface area (TPSA) is 69.0 Å². The van der Waals surface area contributed by atoms with Gasteiger partial charge < -0.3 is 19.3 Å². The molecule has 1 aliphatic rings. The predicted molar refractivity (Wildman–Crippen MR) is 131 cm³/mol. The smallest absolute Gasteiger partial charge is 0.134 e. The fourth-order valence-corrected chi connectivity index (χ4v) is 4.28. The van der Waals surface area contributed by atoms with Crippen LogP contribution < -0.4 is 9.47 Å². The standard InChI is InChI=1S/C27H35N3O4/c1-21-6-4-8-25(14-21)34-20-27(31)18-29(10-12-32-19-27)17-24-7-5-9-26(16-24)33-13-11-30-23(3)15-22(2)28-30/h4-9,14-16,31H,10-13,17-20H2,1-3H3. The molecule has 7 heteroatoms. The van der Waals surface area contributed by atoms with E-state index < -0.39 is 5.60 Å². The number of hydrogen-bond acceptors (Lipinski definition) is 6. The first-order valence-corrected chi connectivity index (χ1v) is 11.8. The second kappa shape index (κ2) is 11.0. The number of β-amino-alcohol motifs (C(OH)–C–C–N with tert-alkyl or cyclic N) is 1. The van der Waals surface area contributed by atoms with E-state index in [0.717, 1.165) is 40.6 Å². The van der Waals surface area contributed by atoms with Gasteiger partial charge in [0.1, 0.15) is 30.3 Å². The summed E-state index contributed by atoms with van der Waals surface area (Å²) in [5.41, 5.74) is 3.34. The third-order valence-corrected chi connectivity index (χ3v) is 5.92. The average molecular weight is 466 g/mol. The quantitative estimate of drug-likeness (QED) is 0.522. The van der Waals surface area contributed by atoms with Crippen molar-refractivity contribution in [3.05, 3.63) is 77.1 Å². The predicted octanol–water partition coefficient (Wildman–Crippen LogP) is 3.53. The van der Waals surface area contributed by atoms with Gasteiger partial charge in [-0.1, -0.05) is 24.3 Å². The van der Waals surface area contributed by atoms with Crippen molar-refractivity contribution in [2.45, 2.75) is 39.5 Å². The van der Waals surface area contributed by atoms with Gasteiger partial charge in [-0.2, -0.15) is 5.10 Å². The summed E-state index contributed by atoms with van der Waals surface area (Å²) in [4.78, 5) is 2.21. The Kier molecular flexibility index (Phi) is 7.88. The third kappa shape index (κ3) is 6.82. The Bertz CT molecular complexity index is 1080. The Morgan fingerprint density at radius 3 is 2.59 bits per heavy atom. The molecule has 1 unspecified atom stereocenters. The van der Waals surface area contributed by atoms with Crippen molar-refractivity contribution in [2.75, 3.05) is 39.5 Å². The van der Waals surface area contributed by atoms with Crippen molar-refractivity contribution < 1.29 is 19.3 Å². The lowest BCUT2D eigenvalue weighted by Gasteiger charge is -2.30. The monoisotopic (exact) mass is 465 g/mol. The van der Waals surface area contributed by atoms with Crippen molar-refractivity contribution >= 4 is 0 Å². The summed E-state index contributed by atoms with van der Waals surface area (Å²) in [7, 11) is 0. The lowest BCUT2D eigenvalue weighted by Crippen LogP contribution is -2.48. The maximum absolute atomic E-state index is 11.2. The minimum absolute atomic E-state index is 0.183. The molecule has 1 aromatic heterocycles. The maximum atomic E-state index is 11.2. The molecular formula is C27H35N3O4. The number of aryl methyl sites for hydroxylation is 3. The number of aliphatic hydroxyl groups is 1. The maximum Gasteiger partial charge on any atom is 0.134 e. The molecule has 1 saturated heterocycles. The highest BCUT2D eigenvalue weighted by atomic mass is 16.5. The molecule has 2 heterocycles. The van der Waals surface area contributed by atoms with E-state index in [4.69, 9.17) is 14.2 Å². The Morgan fingerprint density at radius 1 is 1.03 bits per heavy atom. The van der Waals surface area contributed by atoms with E-state index in [1.54, 1.807) is 0 Å². The first-order valence-electron chi connectivity index (χ1n) is 11.8. The normalized spacial score (nSPS) is 19.1. The molecule has 7 nitrogen and oxygen atoms in total. The van der Waals surface area contributed by atoms with E-state index in [0.29, 0.717) is 32.8 Å². The van der Waals surface area contributed by atoms with Crippen LogP contribution in [0.3, 0.4) is 0 Å². The average Bonchev–Trinajstić information content (AvgIpc) is 3.00. The highest BCUT2D eigenvalue weighted by Crippen LogP contribution is 2.21. The van der Waals surface area contributed by atoms with Crippen LogP contribution in [-0.4, -0.2) is 64.9 Å². The molecule has 1 N–H and O–H groups in total. The first kappa shape index (κ1) is 24.3. The van der Waals surface area contributed by atoms with Gasteiger partial charge in [0.05, 0.1) is 25.5 Å². The Morgan fingerprint density at radius 2 is 1.82 bits per heavy atom. The van der Waals surface area contributed by atoms with Crippen molar-refractivity contribution in [3.63, 3.8) is 0 Å². The van der Waals surface area contributed by atoms with Gasteiger partial charge >= 0.3 is 0 Å². The largest absolute Gasteiger partial charge is 0.492 e. The van der Waals surface area contributed by atoms with Crippen LogP contribution in [0.2, 0.25) is 0 Å². The molecule has 0 bridgehead atoms. The minimum Gasteiger partial charge on any atom is -0.492 e. The molecule has 1 aliphatic heterocycles. The molecule has 34 heavy (non-hydrogen) atoms. The summed E-state index contributed by atoms with van der Waals surface area (Å²) in [5, 5.41) is 15.7. The van der Waals surface area contributed by atoms with Crippen LogP contribution in [0.25, 0.3) is 0 Å². The highest BCUT2D eigenvalue weighted by molar-refractivity contribution is 5.29. The van der Waals surface area contributed by atoms with Gasteiger partial charge in [0, 0.05) is 25.3 Å². The van der Waals surface area contributed by atoms with Crippen LogP contribution >= 0.6 is 0 Å². The Hall–Kier alpha value is -2.87. The van der Waals surface area contributed by atoms with E-state index in [9.17, 15) is 5.11 Å². The number of benzene rings is 2. The number of hydrogen-bond donors (Lipinski definition) is 1. The van der Waals surface area contributed by atoms with Crippen molar-refractivity contribution in [3.8, 4) is 11.5 Å². The van der Waals surface area contributed by atoms with Crippen LogP contribution in [0.1, 0.15) is 22.5 Å². The van der Waals surface area contributed by atoms with Gasteiger partial charge in [0.15, 0.2) is 0 Å². The summed E-state index contributed by atoms with van der Waals surface area (Å²) in [6.07, 6.45) is 0. The lowest BCUT2D eigenvalue weighted by molar-refractivity contribution is -0.0646. The molecule has 2 aromatic carbocycles. The van der Waals surface area contributed by atoms with E-state index in [2.05, 4.69) is 35.1 Å².